The van der Waals surface area contributed by atoms with Gasteiger partial charge in [-0.15, -0.1) is 11.3 Å². The lowest BCUT2D eigenvalue weighted by Crippen LogP contribution is -2.31. The predicted octanol–water partition coefficient (Wildman–Crippen LogP) is 1.48. The maximum Gasteiger partial charge on any atom is 0.229 e. The molecule has 0 saturated heterocycles. The van der Waals surface area contributed by atoms with E-state index < -0.39 is 0 Å². The maximum atomic E-state index is 8.67. The largest absolute Gasteiger partial charge is 0.395 e. The lowest BCUT2D eigenvalue weighted by atomic mass is 10.3. The zero-order valence-corrected chi connectivity index (χ0v) is 11.1. The van der Waals surface area contributed by atoms with E-state index in [0.717, 1.165) is 10.6 Å². The van der Waals surface area contributed by atoms with Gasteiger partial charge in [0.2, 0.25) is 5.95 Å². The molecule has 0 aromatic carbocycles. The molecule has 3 N–H and O–H groups in total. The summed E-state index contributed by atoms with van der Waals surface area (Å²) in [6.45, 7) is 0.425. The number of anilines is 1. The van der Waals surface area contributed by atoms with Crippen LogP contribution < -0.4 is 10.6 Å². The van der Waals surface area contributed by atoms with Crippen molar-refractivity contribution in [1.29, 1.82) is 0 Å². The van der Waals surface area contributed by atoms with Crippen molar-refractivity contribution in [2.24, 2.45) is 0 Å². The minimum absolute atomic E-state index is 0.0257. The molecule has 18 heavy (non-hydrogen) atoms. The molecule has 0 fully saturated rings. The van der Waals surface area contributed by atoms with Crippen LogP contribution in [0.3, 0.4) is 0 Å². The molecular weight excluding hydrogens is 268 g/mol. The quantitative estimate of drug-likeness (QED) is 0.737. The predicted molar refractivity (Wildman–Crippen MR) is 76.7 cm³/mol. The first-order valence-corrected chi connectivity index (χ1v) is 6.61. The SMILES string of the molecule is OCCNC(=S)Nc1nccc(-c2cccs2)n1. The Bertz CT molecular complexity index is 516. The number of aromatic nitrogens is 2. The van der Waals surface area contributed by atoms with Gasteiger partial charge in [-0.25, -0.2) is 9.97 Å². The van der Waals surface area contributed by atoms with Crippen LogP contribution in [0, 0.1) is 0 Å². The highest BCUT2D eigenvalue weighted by atomic mass is 32.1. The Kier molecular flexibility index (Phi) is 4.57. The van der Waals surface area contributed by atoms with Gasteiger partial charge >= 0.3 is 0 Å². The average molecular weight is 280 g/mol. The fourth-order valence-electron chi connectivity index (χ4n) is 1.30. The normalized spacial score (nSPS) is 10.1. The number of hydrogen-bond donors (Lipinski definition) is 3. The number of nitrogens with zero attached hydrogens (tertiary/aromatic N) is 2. The summed E-state index contributed by atoms with van der Waals surface area (Å²) in [5.41, 5.74) is 0.854. The number of rotatable bonds is 4. The lowest BCUT2D eigenvalue weighted by Gasteiger charge is -2.08. The minimum atomic E-state index is 0.0257. The number of thiocarbonyl (C=S) groups is 1. The third-order valence-corrected chi connectivity index (χ3v) is 3.19. The molecule has 0 atom stereocenters. The van der Waals surface area contributed by atoms with E-state index in [2.05, 4.69) is 20.6 Å². The van der Waals surface area contributed by atoms with Crippen LogP contribution in [-0.4, -0.2) is 33.3 Å². The average Bonchev–Trinajstić information content (AvgIpc) is 2.90. The zero-order valence-electron chi connectivity index (χ0n) is 9.46. The van der Waals surface area contributed by atoms with Crippen LogP contribution in [0.25, 0.3) is 10.6 Å². The molecule has 2 rings (SSSR count). The molecular formula is C11H12N4OS2. The highest BCUT2D eigenvalue weighted by Crippen LogP contribution is 2.22. The van der Waals surface area contributed by atoms with E-state index in [-0.39, 0.29) is 6.61 Å². The molecule has 2 aromatic heterocycles. The Morgan fingerprint density at radius 1 is 1.44 bits per heavy atom. The smallest absolute Gasteiger partial charge is 0.229 e. The Morgan fingerprint density at radius 2 is 2.33 bits per heavy atom. The van der Waals surface area contributed by atoms with Gasteiger partial charge in [0.05, 0.1) is 17.2 Å². The summed E-state index contributed by atoms with van der Waals surface area (Å²) in [5, 5.41) is 16.8. The van der Waals surface area contributed by atoms with Gasteiger partial charge in [-0.2, -0.15) is 0 Å². The van der Waals surface area contributed by atoms with E-state index in [1.807, 2.05) is 23.6 Å². The van der Waals surface area contributed by atoms with E-state index in [1.165, 1.54) is 0 Å². The van der Waals surface area contributed by atoms with Crippen LogP contribution in [0.5, 0.6) is 0 Å². The van der Waals surface area contributed by atoms with Crippen molar-refractivity contribution in [1.82, 2.24) is 15.3 Å². The molecule has 0 amide bonds. The number of hydrogen-bond acceptors (Lipinski definition) is 5. The zero-order chi connectivity index (χ0) is 12.8. The van der Waals surface area contributed by atoms with Crippen LogP contribution in [0.1, 0.15) is 0 Å². The Hall–Kier alpha value is -1.57. The molecule has 7 heteroatoms. The maximum absolute atomic E-state index is 8.67. The van der Waals surface area contributed by atoms with Crippen molar-refractivity contribution in [3.63, 3.8) is 0 Å². The summed E-state index contributed by atoms with van der Waals surface area (Å²) in [5.74, 6) is 0.441. The monoisotopic (exact) mass is 280 g/mol. The number of aliphatic hydroxyl groups is 1. The first-order chi connectivity index (χ1) is 8.79. The molecule has 2 aromatic rings. The molecule has 0 aliphatic heterocycles. The second-order valence-corrected chi connectivity index (χ2v) is 4.70. The summed E-state index contributed by atoms with van der Waals surface area (Å²) in [6.07, 6.45) is 1.68. The molecule has 0 aliphatic carbocycles. The fourth-order valence-corrected chi connectivity index (χ4v) is 2.18. The van der Waals surface area contributed by atoms with Crippen molar-refractivity contribution in [3.05, 3.63) is 29.8 Å². The van der Waals surface area contributed by atoms with Gasteiger partial charge in [0, 0.05) is 12.7 Å². The Balaban J connectivity index is 2.06. The second kappa shape index (κ2) is 6.39. The van der Waals surface area contributed by atoms with Crippen molar-refractivity contribution in [3.8, 4) is 10.6 Å². The third-order valence-electron chi connectivity index (χ3n) is 2.05. The summed E-state index contributed by atoms with van der Waals surface area (Å²) in [6, 6.07) is 5.82. The third kappa shape index (κ3) is 3.46. The van der Waals surface area contributed by atoms with Crippen LogP contribution in [0.15, 0.2) is 29.8 Å². The van der Waals surface area contributed by atoms with Crippen molar-refractivity contribution < 1.29 is 5.11 Å². The molecule has 94 valence electrons. The van der Waals surface area contributed by atoms with Gasteiger partial charge < -0.3 is 15.7 Å². The van der Waals surface area contributed by atoms with E-state index in [9.17, 15) is 0 Å². The molecule has 0 bridgehead atoms. The topological polar surface area (TPSA) is 70.1 Å². The molecule has 0 radical (unpaired) electrons. The number of nitrogens with one attached hydrogen (secondary N) is 2. The summed E-state index contributed by atoms with van der Waals surface area (Å²) >= 11 is 6.65. The highest BCUT2D eigenvalue weighted by Gasteiger charge is 2.04. The fraction of sp³-hybridized carbons (Fsp3) is 0.182. The Morgan fingerprint density at radius 3 is 3.06 bits per heavy atom. The van der Waals surface area contributed by atoms with Gasteiger partial charge in [-0.3, -0.25) is 0 Å². The van der Waals surface area contributed by atoms with E-state index in [4.69, 9.17) is 17.3 Å². The first-order valence-electron chi connectivity index (χ1n) is 5.32. The standard InChI is InChI=1S/C11H12N4OS2/c16-6-5-13-11(17)15-10-12-4-3-8(14-10)9-2-1-7-18-9/h1-4,7,16H,5-6H2,(H2,12,13,14,15,17). The van der Waals surface area contributed by atoms with E-state index in [0.29, 0.717) is 17.6 Å². The van der Waals surface area contributed by atoms with Gasteiger partial charge in [-0.1, -0.05) is 6.07 Å². The number of thiophene rings is 1. The first kappa shape index (κ1) is 12.9. The van der Waals surface area contributed by atoms with Crippen molar-refractivity contribution in [2.75, 3.05) is 18.5 Å². The lowest BCUT2D eigenvalue weighted by molar-refractivity contribution is 0.300. The van der Waals surface area contributed by atoms with Gasteiger partial charge in [0.25, 0.3) is 0 Å². The molecule has 5 nitrogen and oxygen atoms in total. The summed E-state index contributed by atoms with van der Waals surface area (Å²) < 4.78 is 0. The van der Waals surface area contributed by atoms with Crippen molar-refractivity contribution >= 4 is 34.6 Å². The Labute approximate surface area is 114 Å². The summed E-state index contributed by atoms with van der Waals surface area (Å²) in [7, 11) is 0. The van der Waals surface area contributed by atoms with E-state index >= 15 is 0 Å². The van der Waals surface area contributed by atoms with Crippen molar-refractivity contribution in [2.45, 2.75) is 0 Å². The van der Waals surface area contributed by atoms with Gasteiger partial charge in [-0.05, 0) is 29.7 Å². The second-order valence-electron chi connectivity index (χ2n) is 3.35. The van der Waals surface area contributed by atoms with Crippen LogP contribution >= 0.6 is 23.6 Å². The van der Waals surface area contributed by atoms with Gasteiger partial charge in [0.15, 0.2) is 5.11 Å². The van der Waals surface area contributed by atoms with Gasteiger partial charge in [0.1, 0.15) is 0 Å². The van der Waals surface area contributed by atoms with Crippen LogP contribution in [0.2, 0.25) is 0 Å². The molecule has 0 spiro atoms. The van der Waals surface area contributed by atoms with Crippen LogP contribution in [-0.2, 0) is 0 Å². The number of aliphatic hydroxyl groups excluding tert-OH is 1. The highest BCUT2D eigenvalue weighted by molar-refractivity contribution is 7.80. The molecule has 2 heterocycles. The van der Waals surface area contributed by atoms with Crippen LogP contribution in [0.4, 0.5) is 5.95 Å². The molecule has 0 unspecified atom stereocenters. The minimum Gasteiger partial charge on any atom is -0.395 e. The van der Waals surface area contributed by atoms with E-state index in [1.54, 1.807) is 17.5 Å². The summed E-state index contributed by atoms with van der Waals surface area (Å²) in [4.78, 5) is 9.53. The molecule has 0 aliphatic rings. The molecule has 0 saturated carbocycles.